The lowest BCUT2D eigenvalue weighted by Crippen LogP contribution is -2.06. The molecular weight excluding hydrogens is 248 g/mol. The Balaban J connectivity index is 3.41. The molecule has 6 heteroatoms. The van der Waals surface area contributed by atoms with Gasteiger partial charge < -0.3 is 4.74 Å². The Morgan fingerprint density at radius 1 is 1.53 bits per heavy atom. The topological polar surface area (TPSA) is 93.2 Å². The summed E-state index contributed by atoms with van der Waals surface area (Å²) in [5.41, 5.74) is 0.415. The highest BCUT2D eigenvalue weighted by Crippen LogP contribution is 2.24. The minimum Gasteiger partial charge on any atom is -0.465 e. The fourth-order valence-electron chi connectivity index (χ4n) is 1.47. The molecule has 0 atom stereocenters. The van der Waals surface area contributed by atoms with E-state index in [9.17, 15) is 14.9 Å². The van der Waals surface area contributed by atoms with E-state index in [0.29, 0.717) is 5.56 Å². The van der Waals surface area contributed by atoms with Gasteiger partial charge in [-0.3, -0.25) is 10.1 Å². The van der Waals surface area contributed by atoms with E-state index in [1.54, 1.807) is 0 Å². The first-order chi connectivity index (χ1) is 9.01. The van der Waals surface area contributed by atoms with Crippen LogP contribution in [0.25, 0.3) is 0 Å². The van der Waals surface area contributed by atoms with Crippen LogP contribution >= 0.6 is 0 Å². The van der Waals surface area contributed by atoms with Gasteiger partial charge in [-0.2, -0.15) is 5.26 Å². The summed E-state index contributed by atoms with van der Waals surface area (Å²) in [6.45, 7) is 1.47. The zero-order chi connectivity index (χ0) is 14.4. The maximum atomic E-state index is 11.5. The number of nitro groups is 1. The number of carbonyl (C=O) groups is 1. The summed E-state index contributed by atoms with van der Waals surface area (Å²) in [6, 6.07) is 4.52. The van der Waals surface area contributed by atoms with Crippen molar-refractivity contribution in [2.75, 3.05) is 7.11 Å². The molecule has 19 heavy (non-hydrogen) atoms. The van der Waals surface area contributed by atoms with Crippen LogP contribution in [0.4, 0.5) is 5.69 Å². The summed E-state index contributed by atoms with van der Waals surface area (Å²) in [6.07, 6.45) is 0.00916. The van der Waals surface area contributed by atoms with Gasteiger partial charge in [-0.15, -0.1) is 0 Å². The highest BCUT2D eigenvalue weighted by Gasteiger charge is 2.20. The summed E-state index contributed by atoms with van der Waals surface area (Å²) in [4.78, 5) is 21.9. The van der Waals surface area contributed by atoms with Crippen molar-refractivity contribution in [3.63, 3.8) is 0 Å². The molecule has 0 fully saturated rings. The first-order valence-corrected chi connectivity index (χ1v) is 5.24. The zero-order valence-electron chi connectivity index (χ0n) is 10.4. The van der Waals surface area contributed by atoms with Gasteiger partial charge in [-0.1, -0.05) is 11.8 Å². The van der Waals surface area contributed by atoms with Crippen LogP contribution in [0.2, 0.25) is 0 Å². The van der Waals surface area contributed by atoms with E-state index in [1.165, 1.54) is 26.2 Å². The van der Waals surface area contributed by atoms with Gasteiger partial charge in [0.2, 0.25) is 0 Å². The van der Waals surface area contributed by atoms with Gasteiger partial charge in [0, 0.05) is 17.2 Å². The molecule has 0 heterocycles. The number of methoxy groups -OCH3 is 1. The average molecular weight is 258 g/mol. The van der Waals surface area contributed by atoms with Crippen LogP contribution in [0.3, 0.4) is 0 Å². The minimum absolute atomic E-state index is 0.00916. The van der Waals surface area contributed by atoms with E-state index in [-0.39, 0.29) is 23.2 Å². The van der Waals surface area contributed by atoms with Crippen LogP contribution in [0.15, 0.2) is 12.1 Å². The normalized spacial score (nSPS) is 8.89. The lowest BCUT2D eigenvalue weighted by atomic mass is 10.0. The molecule has 0 spiro atoms. The molecule has 0 aromatic heterocycles. The van der Waals surface area contributed by atoms with Crippen LogP contribution in [0, 0.1) is 40.2 Å². The summed E-state index contributed by atoms with van der Waals surface area (Å²) >= 11 is 0. The van der Waals surface area contributed by atoms with Gasteiger partial charge in [0.25, 0.3) is 5.69 Å². The molecule has 1 aromatic carbocycles. The number of nitro benzene ring substituents is 1. The number of hydrogen-bond donors (Lipinski definition) is 0. The summed E-state index contributed by atoms with van der Waals surface area (Å²) in [7, 11) is 1.20. The van der Waals surface area contributed by atoms with Crippen molar-refractivity contribution in [1.82, 2.24) is 0 Å². The number of esters is 1. The quantitative estimate of drug-likeness (QED) is 0.350. The zero-order valence-corrected chi connectivity index (χ0v) is 10.4. The van der Waals surface area contributed by atoms with Gasteiger partial charge >= 0.3 is 5.97 Å². The van der Waals surface area contributed by atoms with Crippen LogP contribution in [-0.2, 0) is 4.74 Å². The Hall–Kier alpha value is -2.86. The molecule has 0 aliphatic rings. The van der Waals surface area contributed by atoms with Crippen molar-refractivity contribution >= 4 is 11.7 Å². The Labute approximate surface area is 109 Å². The largest absolute Gasteiger partial charge is 0.465 e. The molecule has 0 radical (unpaired) electrons. The Morgan fingerprint density at radius 3 is 2.74 bits per heavy atom. The average Bonchev–Trinajstić information content (AvgIpc) is 2.39. The molecule has 0 saturated heterocycles. The molecule has 0 bridgehead atoms. The first kappa shape index (κ1) is 14.2. The standard InChI is InChI=1S/C13H10N2O4/c1-9-11(13(16)19-2)7-10(5-3-4-6-14)8-12(9)15(17)18/h7-8H,4H2,1-2H3. The van der Waals surface area contributed by atoms with Gasteiger partial charge in [0.1, 0.15) is 0 Å². The number of benzene rings is 1. The second kappa shape index (κ2) is 6.18. The maximum Gasteiger partial charge on any atom is 0.338 e. The monoisotopic (exact) mass is 258 g/mol. The molecule has 0 aliphatic heterocycles. The fourth-order valence-corrected chi connectivity index (χ4v) is 1.47. The molecule has 1 aromatic rings. The first-order valence-electron chi connectivity index (χ1n) is 5.24. The lowest BCUT2D eigenvalue weighted by Gasteiger charge is -2.05. The predicted octanol–water partition coefficient (Wildman–Crippen LogP) is 1.95. The molecule has 0 amide bonds. The molecule has 0 unspecified atom stereocenters. The second-order valence-corrected chi connectivity index (χ2v) is 3.55. The van der Waals surface area contributed by atoms with E-state index >= 15 is 0 Å². The summed E-state index contributed by atoms with van der Waals surface area (Å²) < 4.78 is 4.57. The van der Waals surface area contributed by atoms with E-state index < -0.39 is 10.9 Å². The number of hydrogen-bond acceptors (Lipinski definition) is 5. The van der Waals surface area contributed by atoms with Gasteiger partial charge in [-0.25, -0.2) is 4.79 Å². The van der Waals surface area contributed by atoms with Crippen LogP contribution in [-0.4, -0.2) is 18.0 Å². The van der Waals surface area contributed by atoms with Gasteiger partial charge in [0.05, 0.1) is 30.1 Å². The van der Waals surface area contributed by atoms with E-state index in [2.05, 4.69) is 16.6 Å². The third-order valence-electron chi connectivity index (χ3n) is 2.38. The smallest absolute Gasteiger partial charge is 0.338 e. The predicted molar refractivity (Wildman–Crippen MR) is 66.3 cm³/mol. The Morgan fingerprint density at radius 2 is 2.21 bits per heavy atom. The SMILES string of the molecule is COC(=O)c1cc(C#CCC#N)cc([N+](=O)[O-])c1C. The van der Waals surface area contributed by atoms with Crippen LogP contribution in [0.5, 0.6) is 0 Å². The molecule has 0 saturated carbocycles. The van der Waals surface area contributed by atoms with E-state index in [1.807, 2.05) is 6.07 Å². The number of carbonyl (C=O) groups excluding carboxylic acids is 1. The number of nitriles is 1. The van der Waals surface area contributed by atoms with Crippen molar-refractivity contribution < 1.29 is 14.5 Å². The summed E-state index contributed by atoms with van der Waals surface area (Å²) in [5.74, 6) is 4.48. The number of ether oxygens (including phenoxy) is 1. The highest BCUT2D eigenvalue weighted by atomic mass is 16.6. The van der Waals surface area contributed by atoms with Crippen LogP contribution in [0.1, 0.15) is 27.9 Å². The molecule has 6 nitrogen and oxygen atoms in total. The number of rotatable bonds is 2. The van der Waals surface area contributed by atoms with Crippen molar-refractivity contribution in [2.24, 2.45) is 0 Å². The second-order valence-electron chi connectivity index (χ2n) is 3.55. The lowest BCUT2D eigenvalue weighted by molar-refractivity contribution is -0.385. The highest BCUT2D eigenvalue weighted by molar-refractivity contribution is 5.92. The fraction of sp³-hybridized carbons (Fsp3) is 0.231. The van der Waals surface area contributed by atoms with Crippen molar-refractivity contribution in [1.29, 1.82) is 5.26 Å². The van der Waals surface area contributed by atoms with Gasteiger partial charge in [-0.05, 0) is 13.0 Å². The van der Waals surface area contributed by atoms with E-state index in [0.717, 1.165) is 0 Å². The van der Waals surface area contributed by atoms with Crippen molar-refractivity contribution in [3.8, 4) is 17.9 Å². The third kappa shape index (κ3) is 3.30. The molecule has 0 aliphatic carbocycles. The van der Waals surface area contributed by atoms with Gasteiger partial charge in [0.15, 0.2) is 0 Å². The Bertz CT molecular complexity index is 633. The number of nitrogens with zero attached hydrogens (tertiary/aromatic N) is 2. The third-order valence-corrected chi connectivity index (χ3v) is 2.38. The minimum atomic E-state index is -0.662. The van der Waals surface area contributed by atoms with Crippen LogP contribution < -0.4 is 0 Å². The molecular formula is C13H10N2O4. The molecule has 96 valence electrons. The molecule has 0 N–H and O–H groups in total. The maximum absolute atomic E-state index is 11.5. The van der Waals surface area contributed by atoms with Crippen molar-refractivity contribution in [3.05, 3.63) is 38.9 Å². The summed E-state index contributed by atoms with van der Waals surface area (Å²) in [5, 5.41) is 19.3. The Kier molecular flexibility index (Phi) is 4.62. The van der Waals surface area contributed by atoms with E-state index in [4.69, 9.17) is 5.26 Å². The van der Waals surface area contributed by atoms with Crippen molar-refractivity contribution in [2.45, 2.75) is 13.3 Å². The molecule has 1 rings (SSSR count).